The topological polar surface area (TPSA) is 83.9 Å². The Bertz CT molecular complexity index is 1600. The molecule has 3 aromatic rings. The summed E-state index contributed by atoms with van der Waals surface area (Å²) in [5.41, 5.74) is 1.81. The van der Waals surface area contributed by atoms with E-state index in [-0.39, 0.29) is 41.2 Å². The summed E-state index contributed by atoms with van der Waals surface area (Å²) in [4.78, 5) is 34.2. The first-order valence-corrected chi connectivity index (χ1v) is 17.2. The average molecular weight is 631 g/mol. The number of anilines is 1. The van der Waals surface area contributed by atoms with Crippen LogP contribution >= 0.6 is 0 Å². The van der Waals surface area contributed by atoms with Gasteiger partial charge in [-0.2, -0.15) is 9.97 Å². The number of carbonyl (C=O) groups excluding carboxylic acids is 1. The summed E-state index contributed by atoms with van der Waals surface area (Å²) in [5, 5.41) is 0.557. The van der Waals surface area contributed by atoms with Crippen molar-refractivity contribution in [2.45, 2.75) is 109 Å². The van der Waals surface area contributed by atoms with Crippen LogP contribution in [0.2, 0.25) is 0 Å². The van der Waals surface area contributed by atoms with Crippen molar-refractivity contribution in [1.29, 1.82) is 0 Å². The third kappa shape index (κ3) is 5.56. The zero-order valence-corrected chi connectivity index (χ0v) is 27.9. The Hall–Kier alpha value is -3.53. The maximum atomic E-state index is 16.8. The minimum atomic E-state index is -0.565. The third-order valence-corrected chi connectivity index (χ3v) is 10.7. The zero-order chi connectivity index (χ0) is 32.2. The van der Waals surface area contributed by atoms with Crippen molar-refractivity contribution in [3.8, 4) is 17.3 Å². The van der Waals surface area contributed by atoms with Gasteiger partial charge in [0.25, 0.3) is 0 Å². The Morgan fingerprint density at radius 2 is 1.78 bits per heavy atom. The lowest BCUT2D eigenvalue weighted by Gasteiger charge is -2.42. The van der Waals surface area contributed by atoms with Crippen LogP contribution in [0.1, 0.15) is 91.0 Å². The van der Waals surface area contributed by atoms with Crippen LogP contribution in [0.25, 0.3) is 22.2 Å². The number of benzene rings is 1. The van der Waals surface area contributed by atoms with E-state index in [4.69, 9.17) is 24.4 Å². The largest absolute Gasteiger partial charge is 0.461 e. The number of carbonyl (C=O) groups is 1. The van der Waals surface area contributed by atoms with Crippen molar-refractivity contribution < 1.29 is 18.7 Å². The number of pyridine rings is 1. The molecular weight excluding hydrogens is 583 g/mol. The highest BCUT2D eigenvalue weighted by molar-refractivity contribution is 5.92. The fourth-order valence-corrected chi connectivity index (χ4v) is 8.23. The predicted molar refractivity (Wildman–Crippen MR) is 177 cm³/mol. The molecule has 4 aliphatic rings. The van der Waals surface area contributed by atoms with Crippen LogP contribution in [-0.2, 0) is 4.74 Å². The molecule has 1 amide bonds. The predicted octanol–water partition coefficient (Wildman–Crippen LogP) is 6.94. The van der Waals surface area contributed by atoms with Crippen LogP contribution in [-0.4, -0.2) is 86.9 Å². The molecule has 0 saturated carbocycles. The van der Waals surface area contributed by atoms with Crippen molar-refractivity contribution in [2.75, 3.05) is 37.7 Å². The zero-order valence-electron chi connectivity index (χ0n) is 27.9. The average Bonchev–Trinajstić information content (AvgIpc) is 3.69. The number of ether oxygens (including phenoxy) is 2. The first-order valence-electron chi connectivity index (χ1n) is 17.2. The van der Waals surface area contributed by atoms with E-state index in [1.165, 1.54) is 0 Å². The van der Waals surface area contributed by atoms with Gasteiger partial charge >= 0.3 is 12.1 Å². The Morgan fingerprint density at radius 3 is 2.46 bits per heavy atom. The molecule has 4 aliphatic heterocycles. The first-order chi connectivity index (χ1) is 22.1. The molecule has 10 heteroatoms. The molecule has 6 heterocycles. The molecule has 0 radical (unpaired) electrons. The number of aromatic nitrogens is 3. The fourth-order valence-electron chi connectivity index (χ4n) is 8.23. The van der Waals surface area contributed by atoms with Crippen molar-refractivity contribution >= 4 is 22.8 Å². The molecule has 2 bridgehead atoms. The van der Waals surface area contributed by atoms with Gasteiger partial charge in [0, 0.05) is 24.8 Å². The van der Waals surface area contributed by atoms with Gasteiger partial charge in [0.2, 0.25) is 0 Å². The molecule has 9 nitrogen and oxygen atoms in total. The number of halogens is 1. The van der Waals surface area contributed by atoms with E-state index in [9.17, 15) is 4.79 Å². The van der Waals surface area contributed by atoms with Crippen molar-refractivity contribution in [3.63, 3.8) is 0 Å². The van der Waals surface area contributed by atoms with Crippen LogP contribution in [0.15, 0.2) is 30.5 Å². The van der Waals surface area contributed by atoms with Gasteiger partial charge in [-0.25, -0.2) is 9.18 Å². The summed E-state index contributed by atoms with van der Waals surface area (Å²) >= 11 is 0. The molecule has 246 valence electrons. The summed E-state index contributed by atoms with van der Waals surface area (Å²) in [6.07, 6.45) is 8.67. The highest BCUT2D eigenvalue weighted by atomic mass is 19.1. The van der Waals surface area contributed by atoms with E-state index >= 15 is 4.39 Å². The highest BCUT2D eigenvalue weighted by Gasteiger charge is 2.46. The van der Waals surface area contributed by atoms with Gasteiger partial charge in [-0.1, -0.05) is 38.1 Å². The molecule has 46 heavy (non-hydrogen) atoms. The van der Waals surface area contributed by atoms with Gasteiger partial charge in [-0.15, -0.1) is 0 Å². The summed E-state index contributed by atoms with van der Waals surface area (Å²) in [7, 11) is 0. The summed E-state index contributed by atoms with van der Waals surface area (Å²) in [6.45, 7) is 13.8. The molecule has 3 unspecified atom stereocenters. The first kappa shape index (κ1) is 31.1. The van der Waals surface area contributed by atoms with Crippen LogP contribution in [0.3, 0.4) is 0 Å². The molecule has 3 atom stereocenters. The van der Waals surface area contributed by atoms with E-state index in [0.717, 1.165) is 69.2 Å². The van der Waals surface area contributed by atoms with Crippen molar-refractivity contribution in [1.82, 2.24) is 24.8 Å². The molecule has 2 aromatic heterocycles. The third-order valence-electron chi connectivity index (χ3n) is 10.7. The standard InChI is InChI=1S/C36H47FN6O3/c1-6-23(2)26-11-7-8-12-27(26)30-29(37)31-28(19-38-30)32(40-33(39-31)45-22-36-15-9-17-42(36)18-10-16-36)41-20-24-13-14-25(21-41)43(24)34(44)46-35(3,4)5/h7-8,11-12,19,23-25H,6,9-10,13-18,20-22H2,1-5H3. The summed E-state index contributed by atoms with van der Waals surface area (Å²) in [6, 6.07) is 8.09. The molecule has 0 spiro atoms. The second kappa shape index (κ2) is 11.9. The highest BCUT2D eigenvalue weighted by Crippen LogP contribution is 2.41. The second-order valence-electron chi connectivity index (χ2n) is 14.8. The van der Waals surface area contributed by atoms with E-state index in [2.05, 4.69) is 29.7 Å². The number of rotatable bonds is 7. The lowest BCUT2D eigenvalue weighted by Crippen LogP contribution is -2.57. The van der Waals surface area contributed by atoms with E-state index in [1.54, 1.807) is 6.20 Å². The molecular formula is C36H47FN6O3. The maximum Gasteiger partial charge on any atom is 0.410 e. The number of amides is 1. The van der Waals surface area contributed by atoms with Crippen molar-refractivity contribution in [2.24, 2.45) is 0 Å². The lowest BCUT2D eigenvalue weighted by atomic mass is 9.92. The normalized spacial score (nSPS) is 23.2. The van der Waals surface area contributed by atoms with Crippen LogP contribution in [0.4, 0.5) is 15.0 Å². The number of hydrogen-bond donors (Lipinski definition) is 0. The van der Waals surface area contributed by atoms with Crippen LogP contribution in [0.5, 0.6) is 6.01 Å². The minimum Gasteiger partial charge on any atom is -0.461 e. The number of piperazine rings is 1. The number of fused-ring (bicyclic) bond motifs is 4. The second-order valence-corrected chi connectivity index (χ2v) is 14.8. The SMILES string of the molecule is CCC(C)c1ccccc1-c1ncc2c(N3CC4CCC(C3)N4C(=O)OC(C)(C)C)nc(OCC34CCCN3CCC4)nc2c1F. The molecule has 0 N–H and O–H groups in total. The van der Waals surface area contributed by atoms with E-state index in [0.29, 0.717) is 36.6 Å². The molecule has 0 aliphatic carbocycles. The van der Waals surface area contributed by atoms with Gasteiger partial charge < -0.3 is 14.4 Å². The molecule has 4 saturated heterocycles. The minimum absolute atomic E-state index is 0.00775. The van der Waals surface area contributed by atoms with Gasteiger partial charge in [-0.3, -0.25) is 14.8 Å². The van der Waals surface area contributed by atoms with Crippen LogP contribution in [0, 0.1) is 5.82 Å². The Morgan fingerprint density at radius 1 is 1.09 bits per heavy atom. The quantitative estimate of drug-likeness (QED) is 0.278. The Kier molecular flexibility index (Phi) is 8.06. The molecule has 4 fully saturated rings. The lowest BCUT2D eigenvalue weighted by molar-refractivity contribution is 0.0122. The molecule has 1 aromatic carbocycles. The smallest absolute Gasteiger partial charge is 0.410 e. The van der Waals surface area contributed by atoms with Gasteiger partial charge in [0.15, 0.2) is 5.82 Å². The fraction of sp³-hybridized carbons (Fsp3) is 0.611. The van der Waals surface area contributed by atoms with Gasteiger partial charge in [-0.05, 0) is 90.3 Å². The summed E-state index contributed by atoms with van der Waals surface area (Å²) in [5.74, 6) is 0.407. The van der Waals surface area contributed by atoms with Gasteiger partial charge in [0.05, 0.1) is 23.0 Å². The van der Waals surface area contributed by atoms with Gasteiger partial charge in [0.1, 0.15) is 29.2 Å². The Balaban J connectivity index is 1.27. The summed E-state index contributed by atoms with van der Waals surface area (Å²) < 4.78 is 29.0. The number of nitrogens with zero attached hydrogens (tertiary/aromatic N) is 6. The van der Waals surface area contributed by atoms with Crippen molar-refractivity contribution in [3.05, 3.63) is 41.8 Å². The van der Waals surface area contributed by atoms with E-state index in [1.807, 2.05) is 43.9 Å². The monoisotopic (exact) mass is 630 g/mol. The molecule has 7 rings (SSSR count). The maximum absolute atomic E-state index is 16.8. The van der Waals surface area contributed by atoms with Crippen LogP contribution < -0.4 is 9.64 Å². The number of hydrogen-bond acceptors (Lipinski definition) is 8. The van der Waals surface area contributed by atoms with E-state index < -0.39 is 11.4 Å². The Labute approximate surface area is 271 Å².